The number of amides is 2. The quantitative estimate of drug-likeness (QED) is 0.493. The molecule has 0 saturated carbocycles. The minimum atomic E-state index is -1.64. The van der Waals surface area contributed by atoms with Gasteiger partial charge in [-0.15, -0.1) is 0 Å². The lowest BCUT2D eigenvalue weighted by Gasteiger charge is -2.08. The highest BCUT2D eigenvalue weighted by Crippen LogP contribution is 2.14. The minimum absolute atomic E-state index is 0.0408. The molecule has 2 aromatic rings. The Kier molecular flexibility index (Phi) is 5.91. The first kappa shape index (κ1) is 19.4. The number of benzene rings is 2. The Labute approximate surface area is 145 Å². The largest absolute Gasteiger partial charge is 0.344 e. The summed E-state index contributed by atoms with van der Waals surface area (Å²) < 4.78 is 65.4. The maximum atomic E-state index is 13.3. The molecule has 0 heterocycles. The number of carbonyl (C=O) groups excluding carboxylic acids is 2. The third-order valence-electron chi connectivity index (χ3n) is 3.43. The average Bonchev–Trinajstić information content (AvgIpc) is 2.59. The molecule has 0 aromatic heterocycles. The second-order valence-corrected chi connectivity index (χ2v) is 5.45. The molecular formula is C17H13F5N2O2. The van der Waals surface area contributed by atoms with E-state index in [-0.39, 0.29) is 23.2 Å². The highest BCUT2D eigenvalue weighted by atomic mass is 19.2. The predicted molar refractivity (Wildman–Crippen MR) is 81.1 cm³/mol. The van der Waals surface area contributed by atoms with Crippen molar-refractivity contribution in [3.05, 3.63) is 70.0 Å². The zero-order chi connectivity index (χ0) is 19.4. The normalized spacial score (nSPS) is 10.5. The molecular weight excluding hydrogens is 359 g/mol. The van der Waals surface area contributed by atoms with Crippen molar-refractivity contribution in [1.82, 2.24) is 10.6 Å². The van der Waals surface area contributed by atoms with Gasteiger partial charge in [-0.05, 0) is 41.8 Å². The molecule has 4 nitrogen and oxygen atoms in total. The summed E-state index contributed by atoms with van der Waals surface area (Å²) in [5.74, 6) is -8.78. The Bertz CT molecular complexity index is 753. The van der Waals surface area contributed by atoms with E-state index in [1.54, 1.807) is 0 Å². The van der Waals surface area contributed by atoms with Crippen molar-refractivity contribution in [3.63, 3.8) is 0 Å². The number of rotatable bonds is 4. The van der Waals surface area contributed by atoms with Crippen LogP contribution in [0.1, 0.15) is 16.7 Å². The van der Waals surface area contributed by atoms with Crippen LogP contribution in [0.2, 0.25) is 0 Å². The van der Waals surface area contributed by atoms with E-state index < -0.39 is 47.4 Å². The summed E-state index contributed by atoms with van der Waals surface area (Å²) in [6.45, 7) is 0.701. The van der Waals surface area contributed by atoms with Crippen molar-refractivity contribution in [2.45, 2.75) is 20.0 Å². The van der Waals surface area contributed by atoms with E-state index in [1.165, 1.54) is 13.0 Å². The Hall–Kier alpha value is -2.97. The maximum absolute atomic E-state index is 13.3. The predicted octanol–water partition coefficient (Wildman–Crippen LogP) is 2.62. The topological polar surface area (TPSA) is 58.2 Å². The van der Waals surface area contributed by atoms with Crippen LogP contribution in [-0.2, 0) is 22.7 Å². The first-order valence-electron chi connectivity index (χ1n) is 7.33. The summed E-state index contributed by atoms with van der Waals surface area (Å²) in [5.41, 5.74) is 0.197. The number of hydrogen-bond acceptors (Lipinski definition) is 2. The van der Waals surface area contributed by atoms with E-state index in [2.05, 4.69) is 10.6 Å². The average molecular weight is 372 g/mol. The maximum Gasteiger partial charge on any atom is 0.309 e. The van der Waals surface area contributed by atoms with Crippen LogP contribution in [0.5, 0.6) is 0 Å². The van der Waals surface area contributed by atoms with E-state index in [1.807, 2.05) is 0 Å². The van der Waals surface area contributed by atoms with Crippen LogP contribution < -0.4 is 10.6 Å². The zero-order valence-corrected chi connectivity index (χ0v) is 13.4. The van der Waals surface area contributed by atoms with Crippen LogP contribution >= 0.6 is 0 Å². The van der Waals surface area contributed by atoms with E-state index in [9.17, 15) is 31.5 Å². The van der Waals surface area contributed by atoms with Crippen LogP contribution in [-0.4, -0.2) is 11.8 Å². The smallest absolute Gasteiger partial charge is 0.309 e. The van der Waals surface area contributed by atoms with Gasteiger partial charge in [-0.25, -0.2) is 22.0 Å². The molecule has 0 radical (unpaired) electrons. The van der Waals surface area contributed by atoms with Crippen molar-refractivity contribution >= 4 is 11.8 Å². The highest BCUT2D eigenvalue weighted by Gasteiger charge is 2.15. The van der Waals surface area contributed by atoms with Crippen molar-refractivity contribution in [1.29, 1.82) is 0 Å². The van der Waals surface area contributed by atoms with Gasteiger partial charge in [-0.1, -0.05) is 6.07 Å². The van der Waals surface area contributed by atoms with Gasteiger partial charge in [0, 0.05) is 13.1 Å². The van der Waals surface area contributed by atoms with Gasteiger partial charge >= 0.3 is 11.8 Å². The standard InChI is InChI=1S/C17H13F5N2O2/c1-8-2-9(3-11(18)14(8)21)6-23-16(25)17(26)24-7-10-4-12(19)15(22)13(20)5-10/h2-5H,6-7H2,1H3,(H,23,25)(H,24,26). The first-order chi connectivity index (χ1) is 12.2. The van der Waals surface area contributed by atoms with Crippen LogP contribution in [0.4, 0.5) is 22.0 Å². The molecule has 0 spiro atoms. The number of hydrogen-bond donors (Lipinski definition) is 2. The fourth-order valence-corrected chi connectivity index (χ4v) is 2.13. The summed E-state index contributed by atoms with van der Waals surface area (Å²) in [5, 5.41) is 4.29. The molecule has 0 aliphatic heterocycles. The molecule has 2 aromatic carbocycles. The number of carbonyl (C=O) groups is 2. The lowest BCUT2D eigenvalue weighted by molar-refractivity contribution is -0.139. The lowest BCUT2D eigenvalue weighted by atomic mass is 10.1. The third-order valence-corrected chi connectivity index (χ3v) is 3.43. The SMILES string of the molecule is Cc1cc(CNC(=O)C(=O)NCc2cc(F)c(F)c(F)c2)cc(F)c1F. The van der Waals surface area contributed by atoms with Gasteiger partial charge in [-0.2, -0.15) is 0 Å². The molecule has 0 unspecified atom stereocenters. The molecule has 2 rings (SSSR count). The Morgan fingerprint density at radius 2 is 1.12 bits per heavy atom. The number of nitrogens with one attached hydrogen (secondary N) is 2. The van der Waals surface area contributed by atoms with E-state index in [0.717, 1.165) is 6.07 Å². The summed E-state index contributed by atoms with van der Waals surface area (Å²) in [4.78, 5) is 23.3. The van der Waals surface area contributed by atoms with Crippen molar-refractivity contribution in [2.75, 3.05) is 0 Å². The molecule has 2 amide bonds. The molecule has 0 atom stereocenters. The van der Waals surface area contributed by atoms with Gasteiger partial charge in [0.15, 0.2) is 29.1 Å². The van der Waals surface area contributed by atoms with Crippen molar-refractivity contribution in [3.8, 4) is 0 Å². The number of halogens is 5. The fraction of sp³-hybridized carbons (Fsp3) is 0.176. The lowest BCUT2D eigenvalue weighted by Crippen LogP contribution is -2.39. The summed E-state index contributed by atoms with van der Waals surface area (Å²) in [6, 6.07) is 3.55. The van der Waals surface area contributed by atoms with Gasteiger partial charge in [-0.3, -0.25) is 9.59 Å². The van der Waals surface area contributed by atoms with Gasteiger partial charge in [0.2, 0.25) is 0 Å². The minimum Gasteiger partial charge on any atom is -0.344 e. The van der Waals surface area contributed by atoms with Gasteiger partial charge in [0.1, 0.15) is 0 Å². The Balaban J connectivity index is 1.91. The van der Waals surface area contributed by atoms with Crippen LogP contribution in [0.15, 0.2) is 24.3 Å². The third kappa shape index (κ3) is 4.56. The van der Waals surface area contributed by atoms with Crippen molar-refractivity contribution in [2.24, 2.45) is 0 Å². The molecule has 0 bridgehead atoms. The van der Waals surface area contributed by atoms with E-state index >= 15 is 0 Å². The molecule has 26 heavy (non-hydrogen) atoms. The fourth-order valence-electron chi connectivity index (χ4n) is 2.13. The molecule has 0 fully saturated rings. The molecule has 0 aliphatic carbocycles. The van der Waals surface area contributed by atoms with E-state index in [0.29, 0.717) is 12.1 Å². The second-order valence-electron chi connectivity index (χ2n) is 5.45. The van der Waals surface area contributed by atoms with E-state index in [4.69, 9.17) is 0 Å². The summed E-state index contributed by atoms with van der Waals surface area (Å²) in [7, 11) is 0. The molecule has 2 N–H and O–H groups in total. The Morgan fingerprint density at radius 1 is 0.731 bits per heavy atom. The van der Waals surface area contributed by atoms with Gasteiger partial charge < -0.3 is 10.6 Å². The molecule has 0 saturated heterocycles. The molecule has 138 valence electrons. The zero-order valence-electron chi connectivity index (χ0n) is 13.4. The van der Waals surface area contributed by atoms with Gasteiger partial charge in [0.25, 0.3) is 0 Å². The highest BCUT2D eigenvalue weighted by molar-refractivity contribution is 6.35. The first-order valence-corrected chi connectivity index (χ1v) is 7.33. The monoisotopic (exact) mass is 372 g/mol. The Morgan fingerprint density at radius 3 is 1.54 bits per heavy atom. The molecule has 9 heteroatoms. The second kappa shape index (κ2) is 7.94. The molecule has 0 aliphatic rings. The van der Waals surface area contributed by atoms with Crippen LogP contribution in [0, 0.1) is 36.0 Å². The van der Waals surface area contributed by atoms with Crippen LogP contribution in [0.3, 0.4) is 0 Å². The van der Waals surface area contributed by atoms with Gasteiger partial charge in [0.05, 0.1) is 0 Å². The number of aryl methyl sites for hydroxylation is 1. The summed E-state index contributed by atoms with van der Waals surface area (Å²) >= 11 is 0. The van der Waals surface area contributed by atoms with Crippen molar-refractivity contribution < 1.29 is 31.5 Å². The summed E-state index contributed by atoms with van der Waals surface area (Å²) in [6.07, 6.45) is 0. The van der Waals surface area contributed by atoms with Crippen LogP contribution in [0.25, 0.3) is 0 Å².